The summed E-state index contributed by atoms with van der Waals surface area (Å²) in [6.07, 6.45) is 1.67. The van der Waals surface area contributed by atoms with Crippen LogP contribution in [0.1, 0.15) is 0 Å². The van der Waals surface area contributed by atoms with Crippen LogP contribution in [-0.2, 0) is 0 Å². The topological polar surface area (TPSA) is 37.8 Å². The van der Waals surface area contributed by atoms with E-state index in [4.69, 9.17) is 0 Å². The number of nitrogens with zero attached hydrogens (tertiary/aromatic N) is 2. The van der Waals surface area contributed by atoms with Crippen LogP contribution in [0, 0.1) is 5.82 Å². The van der Waals surface area contributed by atoms with Crippen molar-refractivity contribution in [3.05, 3.63) is 71.1 Å². The zero-order valence-electron chi connectivity index (χ0n) is 10.9. The number of hydrogen-bond donors (Lipinski definition) is 1. The highest BCUT2D eigenvalue weighted by Crippen LogP contribution is 2.24. The average Bonchev–Trinajstić information content (AvgIpc) is 2.51. The summed E-state index contributed by atoms with van der Waals surface area (Å²) in [5.74, 6) is 0.203. The molecule has 1 heterocycles. The largest absolute Gasteiger partial charge is 0.324 e. The quantitative estimate of drug-likeness (QED) is 0.742. The predicted octanol–water partition coefficient (Wildman–Crippen LogP) is 4.79. The Morgan fingerprint density at radius 3 is 2.57 bits per heavy atom. The molecule has 0 aliphatic heterocycles. The Balaban J connectivity index is 1.91. The molecule has 3 nitrogen and oxygen atoms in total. The highest BCUT2D eigenvalue weighted by molar-refractivity contribution is 9.10. The SMILES string of the molecule is Fc1ccc(-c2ccnc(Nc3ccccc3)n2)cc1Br. The molecular formula is C16H11BrFN3. The van der Waals surface area contributed by atoms with E-state index in [1.807, 2.05) is 30.3 Å². The molecule has 0 spiro atoms. The zero-order valence-corrected chi connectivity index (χ0v) is 12.5. The molecule has 2 aromatic carbocycles. The van der Waals surface area contributed by atoms with Crippen LogP contribution in [0.15, 0.2) is 65.3 Å². The molecule has 3 aromatic rings. The minimum atomic E-state index is -0.296. The van der Waals surface area contributed by atoms with Gasteiger partial charge in [0, 0.05) is 17.4 Å². The van der Waals surface area contributed by atoms with Crippen LogP contribution >= 0.6 is 15.9 Å². The van der Waals surface area contributed by atoms with Crippen molar-refractivity contribution in [2.45, 2.75) is 0 Å². The summed E-state index contributed by atoms with van der Waals surface area (Å²) in [7, 11) is 0. The highest BCUT2D eigenvalue weighted by atomic mass is 79.9. The Morgan fingerprint density at radius 2 is 1.81 bits per heavy atom. The van der Waals surface area contributed by atoms with Gasteiger partial charge in [-0.05, 0) is 52.3 Å². The number of para-hydroxylation sites is 1. The third-order valence-corrected chi connectivity index (χ3v) is 3.51. The van der Waals surface area contributed by atoms with Gasteiger partial charge in [0.2, 0.25) is 5.95 Å². The molecule has 1 aromatic heterocycles. The molecule has 0 unspecified atom stereocenters. The normalized spacial score (nSPS) is 10.4. The molecule has 0 fully saturated rings. The third-order valence-electron chi connectivity index (χ3n) is 2.90. The van der Waals surface area contributed by atoms with Crippen LogP contribution in [-0.4, -0.2) is 9.97 Å². The van der Waals surface area contributed by atoms with Gasteiger partial charge in [-0.3, -0.25) is 0 Å². The van der Waals surface area contributed by atoms with Crippen LogP contribution in [0.4, 0.5) is 16.0 Å². The van der Waals surface area contributed by atoms with Crippen molar-refractivity contribution in [1.29, 1.82) is 0 Å². The van der Waals surface area contributed by atoms with E-state index in [-0.39, 0.29) is 5.82 Å². The van der Waals surface area contributed by atoms with Crippen LogP contribution < -0.4 is 5.32 Å². The maximum absolute atomic E-state index is 13.3. The van der Waals surface area contributed by atoms with Gasteiger partial charge in [0.1, 0.15) is 5.82 Å². The van der Waals surface area contributed by atoms with E-state index in [2.05, 4.69) is 31.2 Å². The van der Waals surface area contributed by atoms with Gasteiger partial charge in [0.15, 0.2) is 0 Å². The Morgan fingerprint density at radius 1 is 1.00 bits per heavy atom. The molecule has 0 aliphatic rings. The van der Waals surface area contributed by atoms with Gasteiger partial charge in [-0.1, -0.05) is 18.2 Å². The molecular weight excluding hydrogens is 333 g/mol. The maximum Gasteiger partial charge on any atom is 0.227 e. The van der Waals surface area contributed by atoms with Crippen LogP contribution in [0.2, 0.25) is 0 Å². The number of aromatic nitrogens is 2. The molecule has 1 N–H and O–H groups in total. The van der Waals surface area contributed by atoms with E-state index in [0.717, 1.165) is 16.9 Å². The molecule has 21 heavy (non-hydrogen) atoms. The van der Waals surface area contributed by atoms with Gasteiger partial charge in [0.05, 0.1) is 10.2 Å². The summed E-state index contributed by atoms with van der Waals surface area (Å²) >= 11 is 3.18. The van der Waals surface area contributed by atoms with Crippen molar-refractivity contribution in [3.63, 3.8) is 0 Å². The number of halogens is 2. The lowest BCUT2D eigenvalue weighted by Gasteiger charge is -2.07. The Kier molecular flexibility index (Phi) is 3.92. The van der Waals surface area contributed by atoms with E-state index in [0.29, 0.717) is 10.4 Å². The standard InChI is InChI=1S/C16H11BrFN3/c17-13-10-11(6-7-14(13)18)15-8-9-19-16(21-15)20-12-4-2-1-3-5-12/h1-10H,(H,19,20,21). The average molecular weight is 344 g/mol. The number of hydrogen-bond acceptors (Lipinski definition) is 3. The number of nitrogens with one attached hydrogen (secondary N) is 1. The molecule has 0 saturated heterocycles. The fourth-order valence-electron chi connectivity index (χ4n) is 1.89. The van der Waals surface area contributed by atoms with Crippen molar-refractivity contribution in [2.75, 3.05) is 5.32 Å². The smallest absolute Gasteiger partial charge is 0.227 e. The van der Waals surface area contributed by atoms with E-state index >= 15 is 0 Å². The first-order valence-electron chi connectivity index (χ1n) is 6.33. The summed E-state index contributed by atoms with van der Waals surface area (Å²) in [6.45, 7) is 0. The molecule has 0 atom stereocenters. The van der Waals surface area contributed by atoms with Crippen LogP contribution in [0.3, 0.4) is 0 Å². The lowest BCUT2D eigenvalue weighted by atomic mass is 10.1. The molecule has 0 bridgehead atoms. The summed E-state index contributed by atoms with van der Waals surface area (Å²) < 4.78 is 13.7. The minimum absolute atomic E-state index is 0.296. The first-order valence-corrected chi connectivity index (χ1v) is 7.12. The second kappa shape index (κ2) is 6.01. The molecule has 3 rings (SSSR count). The van der Waals surface area contributed by atoms with E-state index in [9.17, 15) is 4.39 Å². The van der Waals surface area contributed by atoms with Gasteiger partial charge in [-0.2, -0.15) is 0 Å². The van der Waals surface area contributed by atoms with Gasteiger partial charge in [0.25, 0.3) is 0 Å². The lowest BCUT2D eigenvalue weighted by molar-refractivity contribution is 0.621. The van der Waals surface area contributed by atoms with Gasteiger partial charge in [-0.15, -0.1) is 0 Å². The molecule has 104 valence electrons. The molecule has 0 radical (unpaired) electrons. The zero-order chi connectivity index (χ0) is 14.7. The summed E-state index contributed by atoms with van der Waals surface area (Å²) in [4.78, 5) is 8.64. The first-order chi connectivity index (χ1) is 10.2. The van der Waals surface area contributed by atoms with E-state index in [1.165, 1.54) is 6.07 Å². The molecule has 5 heteroatoms. The first kappa shape index (κ1) is 13.7. The van der Waals surface area contributed by atoms with Crippen molar-refractivity contribution >= 4 is 27.6 Å². The maximum atomic E-state index is 13.3. The fourth-order valence-corrected chi connectivity index (χ4v) is 2.26. The lowest BCUT2D eigenvalue weighted by Crippen LogP contribution is -1.97. The van der Waals surface area contributed by atoms with Crippen molar-refractivity contribution < 1.29 is 4.39 Å². The molecule has 0 saturated carbocycles. The minimum Gasteiger partial charge on any atom is -0.324 e. The number of rotatable bonds is 3. The predicted molar refractivity (Wildman–Crippen MR) is 84.9 cm³/mol. The highest BCUT2D eigenvalue weighted by Gasteiger charge is 2.05. The molecule has 0 amide bonds. The van der Waals surface area contributed by atoms with Crippen LogP contribution in [0.25, 0.3) is 11.3 Å². The third kappa shape index (κ3) is 3.25. The summed E-state index contributed by atoms with van der Waals surface area (Å²) in [6, 6.07) is 16.3. The van der Waals surface area contributed by atoms with Crippen LogP contribution in [0.5, 0.6) is 0 Å². The van der Waals surface area contributed by atoms with Gasteiger partial charge >= 0.3 is 0 Å². The van der Waals surface area contributed by atoms with E-state index in [1.54, 1.807) is 24.4 Å². The Bertz CT molecular complexity index is 762. The van der Waals surface area contributed by atoms with Crippen molar-refractivity contribution in [3.8, 4) is 11.3 Å². The fraction of sp³-hybridized carbons (Fsp3) is 0. The Labute approximate surface area is 130 Å². The van der Waals surface area contributed by atoms with Crippen molar-refractivity contribution in [2.24, 2.45) is 0 Å². The Hall–Kier alpha value is -2.27. The number of benzene rings is 2. The van der Waals surface area contributed by atoms with Gasteiger partial charge < -0.3 is 5.32 Å². The summed E-state index contributed by atoms with van der Waals surface area (Å²) in [5, 5.41) is 3.13. The number of anilines is 2. The van der Waals surface area contributed by atoms with E-state index < -0.39 is 0 Å². The monoisotopic (exact) mass is 343 g/mol. The molecule has 0 aliphatic carbocycles. The van der Waals surface area contributed by atoms with Crippen molar-refractivity contribution in [1.82, 2.24) is 9.97 Å². The second-order valence-corrected chi connectivity index (χ2v) is 5.24. The second-order valence-electron chi connectivity index (χ2n) is 4.39. The van der Waals surface area contributed by atoms with Gasteiger partial charge in [-0.25, -0.2) is 14.4 Å². The summed E-state index contributed by atoms with van der Waals surface area (Å²) in [5.41, 5.74) is 2.46.